The van der Waals surface area contributed by atoms with Crippen molar-refractivity contribution in [3.63, 3.8) is 0 Å². The number of nitrogens with zero attached hydrogens (tertiary/aromatic N) is 1. The van der Waals surface area contributed by atoms with E-state index >= 15 is 0 Å². The van der Waals surface area contributed by atoms with Gasteiger partial charge in [0, 0.05) is 16.5 Å². The fourth-order valence-electron chi connectivity index (χ4n) is 1.72. The van der Waals surface area contributed by atoms with Crippen LogP contribution in [0.1, 0.15) is 16.0 Å². The molecule has 94 valence electrons. The van der Waals surface area contributed by atoms with Gasteiger partial charge >= 0.3 is 0 Å². The lowest BCUT2D eigenvalue weighted by Crippen LogP contribution is -1.98. The van der Waals surface area contributed by atoms with Crippen molar-refractivity contribution in [2.24, 2.45) is 0 Å². The van der Waals surface area contributed by atoms with Gasteiger partial charge in [-0.1, -0.05) is 0 Å². The third kappa shape index (κ3) is 2.21. The van der Waals surface area contributed by atoms with Crippen LogP contribution in [0.25, 0.3) is 15.5 Å². The standard InChI is InChI=1S/C12H11NO2S3/c1-7-6-16-12-11(7)8(2)10(17-12)4-9(5-13)18(3,14)15/h4,6H,1-3H3/b9-4-. The molecule has 0 spiro atoms. The topological polar surface area (TPSA) is 57.9 Å². The van der Waals surface area contributed by atoms with Gasteiger partial charge < -0.3 is 0 Å². The van der Waals surface area contributed by atoms with Crippen LogP contribution in [0.4, 0.5) is 0 Å². The van der Waals surface area contributed by atoms with Gasteiger partial charge in [-0.25, -0.2) is 8.42 Å². The molecule has 0 unspecified atom stereocenters. The van der Waals surface area contributed by atoms with Gasteiger partial charge in [-0.05, 0) is 36.4 Å². The molecule has 6 heteroatoms. The fourth-order valence-corrected chi connectivity index (χ4v) is 4.78. The molecule has 0 saturated heterocycles. The summed E-state index contributed by atoms with van der Waals surface area (Å²) in [5, 5.41) is 12.2. The highest BCUT2D eigenvalue weighted by molar-refractivity contribution is 7.95. The average Bonchev–Trinajstić information content (AvgIpc) is 2.76. The largest absolute Gasteiger partial charge is 0.223 e. The van der Waals surface area contributed by atoms with Crippen LogP contribution in [0.15, 0.2) is 10.3 Å². The summed E-state index contributed by atoms with van der Waals surface area (Å²) in [6, 6.07) is 1.75. The van der Waals surface area contributed by atoms with Crippen molar-refractivity contribution in [2.45, 2.75) is 13.8 Å². The number of thiophene rings is 2. The van der Waals surface area contributed by atoms with Crippen LogP contribution in [0, 0.1) is 25.2 Å². The molecule has 0 N–H and O–H groups in total. The Kier molecular flexibility index (Phi) is 3.32. The molecule has 0 saturated carbocycles. The summed E-state index contributed by atoms with van der Waals surface area (Å²) in [6.07, 6.45) is 2.53. The molecular weight excluding hydrogens is 286 g/mol. The summed E-state index contributed by atoms with van der Waals surface area (Å²) in [4.78, 5) is 0.666. The molecule has 0 aliphatic rings. The number of rotatable bonds is 2. The van der Waals surface area contributed by atoms with E-state index in [0.29, 0.717) is 0 Å². The van der Waals surface area contributed by atoms with Gasteiger partial charge in [0.25, 0.3) is 0 Å². The molecule has 0 aliphatic heterocycles. The van der Waals surface area contributed by atoms with Crippen molar-refractivity contribution in [1.82, 2.24) is 0 Å². The van der Waals surface area contributed by atoms with Crippen molar-refractivity contribution in [2.75, 3.05) is 6.26 Å². The first-order valence-electron chi connectivity index (χ1n) is 5.13. The van der Waals surface area contributed by atoms with E-state index in [1.165, 1.54) is 32.4 Å². The number of nitriles is 1. The molecule has 0 aromatic carbocycles. The normalized spacial score (nSPS) is 12.9. The molecule has 0 bridgehead atoms. The molecule has 0 fully saturated rings. The van der Waals surface area contributed by atoms with Gasteiger partial charge in [0.1, 0.15) is 11.0 Å². The molecule has 3 nitrogen and oxygen atoms in total. The molecule has 0 aliphatic carbocycles. The summed E-state index contributed by atoms with van der Waals surface area (Å²) < 4.78 is 24.0. The molecule has 0 radical (unpaired) electrons. The Bertz CT molecular complexity index is 785. The lowest BCUT2D eigenvalue weighted by atomic mass is 10.1. The lowest BCUT2D eigenvalue weighted by Gasteiger charge is -1.95. The maximum Gasteiger partial charge on any atom is 0.185 e. The van der Waals surface area contributed by atoms with Gasteiger partial charge in [0.2, 0.25) is 0 Å². The van der Waals surface area contributed by atoms with Crippen LogP contribution >= 0.6 is 22.7 Å². The molecule has 0 amide bonds. The van der Waals surface area contributed by atoms with E-state index in [1.54, 1.807) is 17.4 Å². The molecule has 18 heavy (non-hydrogen) atoms. The highest BCUT2D eigenvalue weighted by Gasteiger charge is 2.15. The SMILES string of the molecule is Cc1csc2sc(/C=C(/C#N)S(C)(=O)=O)c(C)c12. The fraction of sp³-hybridized carbons (Fsp3) is 0.250. The Labute approximate surface area is 114 Å². The van der Waals surface area contributed by atoms with Crippen LogP contribution in [0.2, 0.25) is 0 Å². The lowest BCUT2D eigenvalue weighted by molar-refractivity contribution is 0.609. The van der Waals surface area contributed by atoms with E-state index in [1.807, 2.05) is 13.8 Å². The Balaban J connectivity index is 2.67. The first kappa shape index (κ1) is 13.3. The second-order valence-electron chi connectivity index (χ2n) is 4.07. The van der Waals surface area contributed by atoms with Gasteiger partial charge in [0.15, 0.2) is 9.84 Å². The van der Waals surface area contributed by atoms with Gasteiger partial charge in [0.05, 0.1) is 4.01 Å². The molecule has 2 aromatic heterocycles. The van der Waals surface area contributed by atoms with E-state index < -0.39 is 9.84 Å². The summed E-state index contributed by atoms with van der Waals surface area (Å²) in [6.45, 7) is 4.00. The van der Waals surface area contributed by atoms with Crippen molar-refractivity contribution in [1.29, 1.82) is 5.26 Å². The summed E-state index contributed by atoms with van der Waals surface area (Å²) in [7, 11) is -3.45. The number of hydrogen-bond donors (Lipinski definition) is 0. The third-order valence-electron chi connectivity index (χ3n) is 2.66. The minimum atomic E-state index is -3.45. The van der Waals surface area contributed by atoms with Gasteiger partial charge in [-0.3, -0.25) is 0 Å². The molecule has 2 rings (SSSR count). The predicted octanol–water partition coefficient (Wildman–Crippen LogP) is 3.49. The Morgan fingerprint density at radius 2 is 2.11 bits per heavy atom. The van der Waals surface area contributed by atoms with Crippen molar-refractivity contribution < 1.29 is 8.42 Å². The number of allylic oxidation sites excluding steroid dienone is 1. The molecule has 2 aromatic rings. The summed E-state index contributed by atoms with van der Waals surface area (Å²) in [5.74, 6) is 0. The highest BCUT2D eigenvalue weighted by atomic mass is 32.2. The maximum atomic E-state index is 11.4. The Morgan fingerprint density at radius 3 is 2.61 bits per heavy atom. The quantitative estimate of drug-likeness (QED) is 0.797. The number of fused-ring (bicyclic) bond motifs is 1. The van der Waals surface area contributed by atoms with Crippen LogP contribution < -0.4 is 0 Å². The minimum absolute atomic E-state index is 0.183. The van der Waals surface area contributed by atoms with E-state index in [9.17, 15) is 8.42 Å². The monoisotopic (exact) mass is 297 g/mol. The first-order valence-corrected chi connectivity index (χ1v) is 8.72. The van der Waals surface area contributed by atoms with Gasteiger partial charge in [-0.15, -0.1) is 22.7 Å². The second kappa shape index (κ2) is 4.50. The maximum absolute atomic E-state index is 11.4. The highest BCUT2D eigenvalue weighted by Crippen LogP contribution is 2.38. The predicted molar refractivity (Wildman–Crippen MR) is 77.6 cm³/mol. The summed E-state index contributed by atoms with van der Waals surface area (Å²) >= 11 is 3.18. The smallest absolute Gasteiger partial charge is 0.185 e. The van der Waals surface area contributed by atoms with E-state index in [-0.39, 0.29) is 4.91 Å². The van der Waals surface area contributed by atoms with Crippen molar-refractivity contribution in [3.05, 3.63) is 26.3 Å². The second-order valence-corrected chi connectivity index (χ2v) is 8.24. The molecule has 2 heterocycles. The van der Waals surface area contributed by atoms with E-state index in [0.717, 1.165) is 16.7 Å². The number of aryl methyl sites for hydroxylation is 2. The zero-order valence-corrected chi connectivity index (χ0v) is 12.6. The number of sulfone groups is 1. The van der Waals surface area contributed by atoms with Crippen LogP contribution in [-0.4, -0.2) is 14.7 Å². The van der Waals surface area contributed by atoms with Gasteiger partial charge in [-0.2, -0.15) is 5.26 Å². The summed E-state index contributed by atoms with van der Waals surface area (Å²) in [5.41, 5.74) is 2.24. The Morgan fingerprint density at radius 1 is 1.44 bits per heavy atom. The average molecular weight is 297 g/mol. The minimum Gasteiger partial charge on any atom is -0.223 e. The van der Waals surface area contributed by atoms with Crippen LogP contribution in [-0.2, 0) is 9.84 Å². The molecule has 0 atom stereocenters. The van der Waals surface area contributed by atoms with E-state index in [4.69, 9.17) is 5.26 Å². The molecular formula is C12H11NO2S3. The van der Waals surface area contributed by atoms with Crippen molar-refractivity contribution in [3.8, 4) is 6.07 Å². The zero-order valence-electron chi connectivity index (χ0n) is 10.1. The van der Waals surface area contributed by atoms with E-state index in [2.05, 4.69) is 5.38 Å². The van der Waals surface area contributed by atoms with Crippen LogP contribution in [0.5, 0.6) is 0 Å². The van der Waals surface area contributed by atoms with Crippen molar-refractivity contribution >= 4 is 48.0 Å². The Hall–Kier alpha value is -1.16. The van der Waals surface area contributed by atoms with Crippen LogP contribution in [0.3, 0.4) is 0 Å². The zero-order chi connectivity index (χ0) is 13.5. The third-order valence-corrected chi connectivity index (χ3v) is 6.13. The number of hydrogen-bond acceptors (Lipinski definition) is 5. The first-order chi connectivity index (χ1) is 8.34.